The lowest BCUT2D eigenvalue weighted by Crippen LogP contribution is -2.38. The van der Waals surface area contributed by atoms with E-state index >= 15 is 0 Å². The zero-order valence-corrected chi connectivity index (χ0v) is 13.7. The number of imidazole rings is 1. The van der Waals surface area contributed by atoms with E-state index in [-0.39, 0.29) is 6.09 Å². The van der Waals surface area contributed by atoms with Crippen molar-refractivity contribution in [1.29, 1.82) is 0 Å². The first-order valence-electron chi connectivity index (χ1n) is 6.34. The van der Waals surface area contributed by atoms with Crippen molar-refractivity contribution in [2.45, 2.75) is 46.8 Å². The number of halogens is 1. The molecule has 0 saturated heterocycles. The number of ether oxygens (including phenoxy) is 1. The highest BCUT2D eigenvalue weighted by Gasteiger charge is 2.23. The maximum atomic E-state index is 12.2. The van der Waals surface area contributed by atoms with Gasteiger partial charge in [-0.1, -0.05) is 13.8 Å². The summed E-state index contributed by atoms with van der Waals surface area (Å²) in [6, 6.07) is 0. The maximum absolute atomic E-state index is 12.2. The molecule has 108 valence electrons. The van der Waals surface area contributed by atoms with Gasteiger partial charge in [-0.05, 0) is 42.6 Å². The van der Waals surface area contributed by atoms with Crippen LogP contribution >= 0.6 is 15.9 Å². The first-order valence-corrected chi connectivity index (χ1v) is 7.14. The molecule has 1 aromatic heterocycles. The van der Waals surface area contributed by atoms with Gasteiger partial charge in [-0.15, -0.1) is 0 Å². The Labute approximate surface area is 122 Å². The molecule has 0 spiro atoms. The molecule has 0 bridgehead atoms. The van der Waals surface area contributed by atoms with Crippen molar-refractivity contribution < 1.29 is 9.53 Å². The highest BCUT2D eigenvalue weighted by atomic mass is 79.9. The monoisotopic (exact) mass is 331 g/mol. The summed E-state index contributed by atoms with van der Waals surface area (Å²) in [6.45, 7) is 10.8. The fourth-order valence-corrected chi connectivity index (χ4v) is 1.90. The number of hydrogen-bond acceptors (Lipinski definition) is 3. The zero-order chi connectivity index (χ0) is 14.6. The molecule has 0 aromatic carbocycles. The number of aromatic amines is 1. The number of hydrogen-bond donors (Lipinski definition) is 1. The van der Waals surface area contributed by atoms with E-state index in [1.807, 2.05) is 20.8 Å². The third kappa shape index (κ3) is 6.09. The van der Waals surface area contributed by atoms with Gasteiger partial charge in [0.25, 0.3) is 0 Å². The van der Waals surface area contributed by atoms with Crippen molar-refractivity contribution in [1.82, 2.24) is 14.9 Å². The van der Waals surface area contributed by atoms with Crippen LogP contribution in [0, 0.1) is 5.92 Å². The van der Waals surface area contributed by atoms with Gasteiger partial charge in [0, 0.05) is 6.54 Å². The molecule has 5 nitrogen and oxygen atoms in total. The molecule has 1 amide bonds. The summed E-state index contributed by atoms with van der Waals surface area (Å²) in [6.07, 6.45) is 1.37. The lowest BCUT2D eigenvalue weighted by Gasteiger charge is -2.28. The molecule has 0 atom stereocenters. The Bertz CT molecular complexity index is 424. The third-order valence-electron chi connectivity index (χ3n) is 2.18. The molecular weight excluding hydrogens is 310 g/mol. The maximum Gasteiger partial charge on any atom is 0.410 e. The first kappa shape index (κ1) is 16.0. The fourth-order valence-electron chi connectivity index (χ4n) is 1.57. The molecule has 6 heteroatoms. The molecular formula is C13H22BrN3O2. The van der Waals surface area contributed by atoms with Crippen molar-refractivity contribution in [2.24, 2.45) is 5.92 Å². The van der Waals surface area contributed by atoms with Gasteiger partial charge < -0.3 is 14.6 Å². The molecule has 0 aliphatic rings. The Morgan fingerprint density at radius 3 is 2.58 bits per heavy atom. The minimum absolute atomic E-state index is 0.311. The minimum atomic E-state index is -0.490. The van der Waals surface area contributed by atoms with Gasteiger partial charge in [0.15, 0.2) is 0 Å². The molecule has 1 rings (SSSR count). The third-order valence-corrected chi connectivity index (χ3v) is 2.58. The van der Waals surface area contributed by atoms with E-state index in [1.165, 1.54) is 0 Å². The lowest BCUT2D eigenvalue weighted by molar-refractivity contribution is 0.0206. The molecule has 0 aliphatic carbocycles. The summed E-state index contributed by atoms with van der Waals surface area (Å²) >= 11 is 3.31. The van der Waals surface area contributed by atoms with Crippen LogP contribution in [0.1, 0.15) is 40.4 Å². The van der Waals surface area contributed by atoms with E-state index in [1.54, 1.807) is 11.1 Å². The van der Waals surface area contributed by atoms with Crippen LogP contribution in [0.4, 0.5) is 4.79 Å². The summed E-state index contributed by atoms with van der Waals surface area (Å²) < 4.78 is 6.22. The standard InChI is InChI=1S/C13H22BrN3O2/c1-9(2)7-17(12(18)19-13(3,4)5)8-11-15-6-10(14)16-11/h6,9H,7-8H2,1-5H3,(H,15,16). The van der Waals surface area contributed by atoms with Gasteiger partial charge in [0.05, 0.1) is 12.7 Å². The average Bonchev–Trinajstić information content (AvgIpc) is 2.59. The summed E-state index contributed by atoms with van der Waals surface area (Å²) in [7, 11) is 0. The van der Waals surface area contributed by atoms with E-state index in [0.717, 1.165) is 10.4 Å². The van der Waals surface area contributed by atoms with Crippen molar-refractivity contribution in [2.75, 3.05) is 6.54 Å². The number of H-pyrrole nitrogens is 1. The summed E-state index contributed by atoms with van der Waals surface area (Å²) in [5.41, 5.74) is -0.490. The van der Waals surface area contributed by atoms with Crippen LogP contribution in [-0.4, -0.2) is 33.1 Å². The predicted molar refractivity (Wildman–Crippen MR) is 77.8 cm³/mol. The number of carbonyl (C=O) groups excluding carboxylic acids is 1. The highest BCUT2D eigenvalue weighted by molar-refractivity contribution is 9.10. The van der Waals surface area contributed by atoms with Crippen molar-refractivity contribution in [3.8, 4) is 0 Å². The second-order valence-electron chi connectivity index (χ2n) is 5.93. The van der Waals surface area contributed by atoms with E-state index in [0.29, 0.717) is 19.0 Å². The van der Waals surface area contributed by atoms with Gasteiger partial charge in [0.2, 0.25) is 0 Å². The largest absolute Gasteiger partial charge is 0.444 e. The van der Waals surface area contributed by atoms with Crippen molar-refractivity contribution >= 4 is 22.0 Å². The Morgan fingerprint density at radius 1 is 1.53 bits per heavy atom. The number of nitrogens with zero attached hydrogens (tertiary/aromatic N) is 2. The molecule has 1 heterocycles. The molecule has 0 radical (unpaired) electrons. The van der Waals surface area contributed by atoms with Crippen LogP contribution in [0.2, 0.25) is 0 Å². The summed E-state index contributed by atoms with van der Waals surface area (Å²) in [5.74, 6) is 1.10. The fraction of sp³-hybridized carbons (Fsp3) is 0.692. The van der Waals surface area contributed by atoms with Crippen LogP contribution in [-0.2, 0) is 11.3 Å². The number of rotatable bonds is 4. The minimum Gasteiger partial charge on any atom is -0.444 e. The number of nitrogens with one attached hydrogen (secondary N) is 1. The SMILES string of the molecule is CC(C)CN(Cc1ncc(Br)[nH]1)C(=O)OC(C)(C)C. The van der Waals surface area contributed by atoms with Gasteiger partial charge >= 0.3 is 6.09 Å². The van der Waals surface area contributed by atoms with Gasteiger partial charge in [-0.25, -0.2) is 9.78 Å². The van der Waals surface area contributed by atoms with E-state index in [9.17, 15) is 4.79 Å². The van der Waals surface area contributed by atoms with Crippen LogP contribution < -0.4 is 0 Å². The topological polar surface area (TPSA) is 58.2 Å². The number of carbonyl (C=O) groups is 1. The van der Waals surface area contributed by atoms with Crippen LogP contribution in [0.5, 0.6) is 0 Å². The Morgan fingerprint density at radius 2 is 2.16 bits per heavy atom. The molecule has 0 saturated carbocycles. The zero-order valence-electron chi connectivity index (χ0n) is 12.2. The molecule has 1 aromatic rings. The van der Waals surface area contributed by atoms with E-state index in [4.69, 9.17) is 4.74 Å². The quantitative estimate of drug-likeness (QED) is 0.917. The predicted octanol–water partition coefficient (Wildman–Crippen LogP) is 3.57. The number of aromatic nitrogens is 2. The van der Waals surface area contributed by atoms with Gasteiger partial charge in [-0.3, -0.25) is 0 Å². The van der Waals surface area contributed by atoms with Gasteiger partial charge in [0.1, 0.15) is 16.0 Å². The Hall–Kier alpha value is -1.04. The molecule has 1 N–H and O–H groups in total. The normalized spacial score (nSPS) is 11.7. The second kappa shape index (κ2) is 6.41. The smallest absolute Gasteiger partial charge is 0.410 e. The summed E-state index contributed by atoms with van der Waals surface area (Å²) in [5, 5.41) is 0. The summed E-state index contributed by atoms with van der Waals surface area (Å²) in [4.78, 5) is 21.1. The Kier molecular flexibility index (Phi) is 5.40. The van der Waals surface area contributed by atoms with Crippen LogP contribution in [0.15, 0.2) is 10.8 Å². The Balaban J connectivity index is 2.74. The molecule has 0 unspecified atom stereocenters. The first-order chi connectivity index (χ1) is 8.67. The van der Waals surface area contributed by atoms with Crippen LogP contribution in [0.25, 0.3) is 0 Å². The van der Waals surface area contributed by atoms with Gasteiger partial charge in [-0.2, -0.15) is 0 Å². The van der Waals surface area contributed by atoms with Crippen LogP contribution in [0.3, 0.4) is 0 Å². The van der Waals surface area contributed by atoms with E-state index in [2.05, 4.69) is 39.7 Å². The highest BCUT2D eigenvalue weighted by Crippen LogP contribution is 2.14. The van der Waals surface area contributed by atoms with Crippen molar-refractivity contribution in [3.63, 3.8) is 0 Å². The number of amides is 1. The van der Waals surface area contributed by atoms with Crippen molar-refractivity contribution in [3.05, 3.63) is 16.6 Å². The second-order valence-corrected chi connectivity index (χ2v) is 6.79. The molecule has 0 fully saturated rings. The van der Waals surface area contributed by atoms with E-state index < -0.39 is 5.60 Å². The lowest BCUT2D eigenvalue weighted by atomic mass is 10.2. The average molecular weight is 332 g/mol. The molecule has 19 heavy (non-hydrogen) atoms. The molecule has 0 aliphatic heterocycles.